The third-order valence-electron chi connectivity index (χ3n) is 4.28. The molecule has 1 aromatic carbocycles. The van der Waals surface area contributed by atoms with Crippen LogP contribution >= 0.6 is 0 Å². The van der Waals surface area contributed by atoms with Gasteiger partial charge in [0.15, 0.2) is 0 Å². The third kappa shape index (κ3) is 6.01. The van der Waals surface area contributed by atoms with E-state index in [-0.39, 0.29) is 25.0 Å². The molecule has 166 valence electrons. The standard InChI is InChI=1S/C17H20F3N3O6S/c18-17(19,20)10-2-1-3-11(8-10)30(28,29)23-12-6-9(7-13(24)15(12)26)16(27)22-5-4-14(21)25/h1-3,6,8,12-13,15,23-24,26H,4-5,7H2,(H2,21,25)(H,22,27)/t12-,13-,15-/m1/s1. The number of nitrogens with two attached hydrogens (primary N) is 1. The van der Waals surface area contributed by atoms with E-state index in [0.717, 1.165) is 18.2 Å². The monoisotopic (exact) mass is 451 g/mol. The molecule has 3 atom stereocenters. The first-order valence-electron chi connectivity index (χ1n) is 8.64. The van der Waals surface area contributed by atoms with Gasteiger partial charge in [-0.25, -0.2) is 13.1 Å². The number of primary amides is 1. The van der Waals surface area contributed by atoms with Crippen LogP contribution in [0.5, 0.6) is 0 Å². The van der Waals surface area contributed by atoms with E-state index in [1.165, 1.54) is 0 Å². The summed E-state index contributed by atoms with van der Waals surface area (Å²) in [5.74, 6) is -1.37. The van der Waals surface area contributed by atoms with Crippen LogP contribution in [-0.4, -0.2) is 55.2 Å². The van der Waals surface area contributed by atoms with E-state index < -0.39 is 56.7 Å². The molecule has 1 aliphatic carbocycles. The summed E-state index contributed by atoms with van der Waals surface area (Å²) in [4.78, 5) is 22.2. The lowest BCUT2D eigenvalue weighted by Gasteiger charge is -2.30. The fraction of sp³-hybridized carbons (Fsp3) is 0.412. The zero-order valence-electron chi connectivity index (χ0n) is 15.4. The van der Waals surface area contributed by atoms with Crippen molar-refractivity contribution >= 4 is 21.8 Å². The molecule has 2 rings (SSSR count). The summed E-state index contributed by atoms with van der Waals surface area (Å²) in [6.45, 7) is -0.0925. The van der Waals surface area contributed by atoms with Gasteiger partial charge in [0, 0.05) is 25.0 Å². The number of carbonyl (C=O) groups is 2. The molecule has 0 heterocycles. The molecule has 0 aromatic heterocycles. The minimum atomic E-state index is -4.76. The van der Waals surface area contributed by atoms with E-state index in [1.807, 2.05) is 4.72 Å². The Morgan fingerprint density at radius 2 is 1.90 bits per heavy atom. The van der Waals surface area contributed by atoms with Crippen LogP contribution in [0.25, 0.3) is 0 Å². The average molecular weight is 451 g/mol. The zero-order valence-corrected chi connectivity index (χ0v) is 16.2. The fourth-order valence-electron chi connectivity index (χ4n) is 2.74. The lowest BCUT2D eigenvalue weighted by atomic mass is 9.90. The number of aliphatic hydroxyl groups is 2. The van der Waals surface area contributed by atoms with Gasteiger partial charge in [0.05, 0.1) is 22.6 Å². The summed E-state index contributed by atoms with van der Waals surface area (Å²) in [5, 5.41) is 22.4. The molecule has 0 unspecified atom stereocenters. The predicted molar refractivity (Wildman–Crippen MR) is 97.1 cm³/mol. The number of amides is 2. The van der Waals surface area contributed by atoms with Crippen LogP contribution in [0.4, 0.5) is 13.2 Å². The van der Waals surface area contributed by atoms with Crippen molar-refractivity contribution < 1.29 is 41.4 Å². The van der Waals surface area contributed by atoms with E-state index in [2.05, 4.69) is 5.32 Å². The molecule has 1 aromatic rings. The van der Waals surface area contributed by atoms with Gasteiger partial charge >= 0.3 is 6.18 Å². The largest absolute Gasteiger partial charge is 0.416 e. The predicted octanol–water partition coefficient (Wildman–Crippen LogP) is -0.604. The molecule has 0 saturated heterocycles. The molecule has 0 aliphatic heterocycles. The lowest BCUT2D eigenvalue weighted by molar-refractivity contribution is -0.137. The molecule has 0 radical (unpaired) electrons. The van der Waals surface area contributed by atoms with E-state index >= 15 is 0 Å². The van der Waals surface area contributed by atoms with Gasteiger partial charge in [0.1, 0.15) is 6.10 Å². The highest BCUT2D eigenvalue weighted by atomic mass is 32.2. The second-order valence-electron chi connectivity index (χ2n) is 6.60. The summed E-state index contributed by atoms with van der Waals surface area (Å²) >= 11 is 0. The number of benzene rings is 1. The zero-order chi connectivity index (χ0) is 22.7. The van der Waals surface area contributed by atoms with Crippen LogP contribution in [0.3, 0.4) is 0 Å². The fourth-order valence-corrected chi connectivity index (χ4v) is 3.98. The van der Waals surface area contributed by atoms with E-state index in [1.54, 1.807) is 0 Å². The number of aliphatic hydroxyl groups excluding tert-OH is 2. The summed E-state index contributed by atoms with van der Waals surface area (Å²) in [6, 6.07) is 1.49. The van der Waals surface area contributed by atoms with Crippen molar-refractivity contribution in [3.05, 3.63) is 41.5 Å². The van der Waals surface area contributed by atoms with Gasteiger partial charge < -0.3 is 21.3 Å². The van der Waals surface area contributed by atoms with Crippen LogP contribution in [0.2, 0.25) is 0 Å². The second kappa shape index (κ2) is 9.12. The average Bonchev–Trinajstić information content (AvgIpc) is 2.64. The molecule has 0 spiro atoms. The van der Waals surface area contributed by atoms with Crippen molar-refractivity contribution in [3.63, 3.8) is 0 Å². The van der Waals surface area contributed by atoms with E-state index in [0.29, 0.717) is 12.1 Å². The van der Waals surface area contributed by atoms with Crippen LogP contribution in [0.15, 0.2) is 40.8 Å². The molecular weight excluding hydrogens is 431 g/mol. The number of carbonyl (C=O) groups excluding carboxylic acids is 2. The van der Waals surface area contributed by atoms with Crippen LogP contribution < -0.4 is 15.8 Å². The quantitative estimate of drug-likeness (QED) is 0.372. The van der Waals surface area contributed by atoms with Crippen molar-refractivity contribution in [2.45, 2.75) is 42.2 Å². The van der Waals surface area contributed by atoms with Gasteiger partial charge in [-0.05, 0) is 18.2 Å². The second-order valence-corrected chi connectivity index (χ2v) is 8.31. The molecule has 13 heteroatoms. The van der Waals surface area contributed by atoms with Crippen LogP contribution in [0, 0.1) is 0 Å². The molecule has 0 saturated carbocycles. The smallest absolute Gasteiger partial charge is 0.390 e. The maximum atomic E-state index is 12.8. The summed E-state index contributed by atoms with van der Waals surface area (Å²) in [6.07, 6.45) is -7.31. The number of halogens is 3. The molecule has 30 heavy (non-hydrogen) atoms. The highest BCUT2D eigenvalue weighted by Gasteiger charge is 2.36. The Kier molecular flexibility index (Phi) is 7.23. The van der Waals surface area contributed by atoms with E-state index in [9.17, 15) is 41.4 Å². The van der Waals surface area contributed by atoms with Crippen molar-refractivity contribution in [1.29, 1.82) is 0 Å². The number of alkyl halides is 3. The molecular formula is C17H20F3N3O6S. The first-order chi connectivity index (χ1) is 13.8. The summed E-state index contributed by atoms with van der Waals surface area (Å²) in [7, 11) is -4.53. The Morgan fingerprint density at radius 1 is 1.23 bits per heavy atom. The van der Waals surface area contributed by atoms with Crippen molar-refractivity contribution in [3.8, 4) is 0 Å². The number of rotatable bonds is 7. The highest BCUT2D eigenvalue weighted by molar-refractivity contribution is 7.89. The Labute approximate surface area is 169 Å². The van der Waals surface area contributed by atoms with Crippen LogP contribution in [0.1, 0.15) is 18.4 Å². The van der Waals surface area contributed by atoms with Crippen molar-refractivity contribution in [2.75, 3.05) is 6.54 Å². The van der Waals surface area contributed by atoms with Crippen molar-refractivity contribution in [1.82, 2.24) is 10.0 Å². The molecule has 6 N–H and O–H groups in total. The molecule has 9 nitrogen and oxygen atoms in total. The Hall–Kier alpha value is -2.48. The maximum Gasteiger partial charge on any atom is 0.416 e. The minimum absolute atomic E-state index is 0.0750. The van der Waals surface area contributed by atoms with E-state index in [4.69, 9.17) is 5.73 Å². The molecule has 1 aliphatic rings. The first-order valence-corrected chi connectivity index (χ1v) is 10.1. The first kappa shape index (κ1) is 23.8. The minimum Gasteiger partial charge on any atom is -0.390 e. The SMILES string of the molecule is NC(=O)CCNC(=O)C1=C[C@@H](NS(=O)(=O)c2cccc(C(F)(F)F)c2)[C@@H](O)[C@H](O)C1. The van der Waals surface area contributed by atoms with Gasteiger partial charge in [-0.2, -0.15) is 13.2 Å². The molecule has 2 amide bonds. The topological polar surface area (TPSA) is 159 Å². The Bertz CT molecular complexity index is 948. The normalized spacial score (nSPS) is 22.3. The van der Waals surface area contributed by atoms with Gasteiger partial charge in [-0.1, -0.05) is 12.1 Å². The lowest BCUT2D eigenvalue weighted by Crippen LogP contribution is -2.51. The molecule has 0 bridgehead atoms. The Balaban J connectivity index is 2.24. The number of nitrogens with one attached hydrogen (secondary N) is 2. The maximum absolute atomic E-state index is 12.8. The molecule has 0 fully saturated rings. The summed E-state index contributed by atoms with van der Waals surface area (Å²) in [5.41, 5.74) is 3.70. The van der Waals surface area contributed by atoms with Crippen molar-refractivity contribution in [2.24, 2.45) is 5.73 Å². The van der Waals surface area contributed by atoms with Gasteiger partial charge in [0.2, 0.25) is 21.8 Å². The van der Waals surface area contributed by atoms with Gasteiger partial charge in [-0.3, -0.25) is 9.59 Å². The third-order valence-corrected chi connectivity index (χ3v) is 5.74. The number of hydrogen-bond donors (Lipinski definition) is 5. The number of sulfonamides is 1. The van der Waals surface area contributed by atoms with Gasteiger partial charge in [0.25, 0.3) is 0 Å². The number of hydrogen-bond acceptors (Lipinski definition) is 6. The van der Waals surface area contributed by atoms with Crippen LogP contribution in [-0.2, 0) is 25.8 Å². The Morgan fingerprint density at radius 3 is 2.50 bits per heavy atom. The highest BCUT2D eigenvalue weighted by Crippen LogP contribution is 2.30. The summed E-state index contributed by atoms with van der Waals surface area (Å²) < 4.78 is 65.5. The van der Waals surface area contributed by atoms with Gasteiger partial charge in [-0.15, -0.1) is 0 Å².